The number of thioether (sulfide) groups is 1. The van der Waals surface area contributed by atoms with Crippen molar-refractivity contribution in [1.82, 2.24) is 9.78 Å². The van der Waals surface area contributed by atoms with Crippen molar-refractivity contribution in [2.45, 2.75) is 15.5 Å². The van der Waals surface area contributed by atoms with E-state index in [0.29, 0.717) is 11.4 Å². The van der Waals surface area contributed by atoms with Gasteiger partial charge in [-0.2, -0.15) is 0 Å². The third kappa shape index (κ3) is 2.40. The molecule has 1 aliphatic rings. The van der Waals surface area contributed by atoms with Crippen molar-refractivity contribution in [3.05, 3.63) is 64.4 Å². The summed E-state index contributed by atoms with van der Waals surface area (Å²) in [5.41, 5.74) is 3.11. The Bertz CT molecular complexity index is 1090. The lowest BCUT2D eigenvalue weighted by molar-refractivity contribution is 0.602. The van der Waals surface area contributed by atoms with Gasteiger partial charge in [0.05, 0.1) is 21.8 Å². The number of rotatable bonds is 2. The van der Waals surface area contributed by atoms with Crippen LogP contribution in [0.25, 0.3) is 16.9 Å². The highest BCUT2D eigenvalue weighted by Crippen LogP contribution is 2.39. The molecular weight excluding hydrogens is 344 g/mol. The molecule has 0 unspecified atom stereocenters. The predicted molar refractivity (Wildman–Crippen MR) is 94.5 cm³/mol. The minimum atomic E-state index is -3.26. The van der Waals surface area contributed by atoms with E-state index in [2.05, 4.69) is 5.10 Å². The second kappa shape index (κ2) is 5.39. The molecule has 0 radical (unpaired) electrons. The van der Waals surface area contributed by atoms with Crippen LogP contribution >= 0.6 is 11.8 Å². The van der Waals surface area contributed by atoms with Gasteiger partial charge in [0.1, 0.15) is 0 Å². The highest BCUT2D eigenvalue weighted by atomic mass is 32.2. The van der Waals surface area contributed by atoms with Crippen LogP contribution in [0.5, 0.6) is 0 Å². The zero-order chi connectivity index (χ0) is 16.9. The zero-order valence-electron chi connectivity index (χ0n) is 12.8. The Morgan fingerprint density at radius 3 is 2.50 bits per heavy atom. The predicted octanol–water partition coefficient (Wildman–Crippen LogP) is 2.84. The molecule has 0 bridgehead atoms. The van der Waals surface area contributed by atoms with Gasteiger partial charge in [0.2, 0.25) is 0 Å². The SMILES string of the molecule is CS(=O)(=O)c1ccc(-n2[nH]c3c(c2=O)CSc2ccccc2-3)cc1. The smallest absolute Gasteiger partial charge is 0.275 e. The van der Waals surface area contributed by atoms with E-state index < -0.39 is 9.84 Å². The van der Waals surface area contributed by atoms with Gasteiger partial charge in [-0.1, -0.05) is 18.2 Å². The molecule has 2 aromatic carbocycles. The van der Waals surface area contributed by atoms with Gasteiger partial charge in [0.15, 0.2) is 9.84 Å². The van der Waals surface area contributed by atoms with E-state index in [1.807, 2.05) is 24.3 Å². The van der Waals surface area contributed by atoms with Crippen LogP contribution in [-0.4, -0.2) is 24.5 Å². The summed E-state index contributed by atoms with van der Waals surface area (Å²) in [5, 5.41) is 3.17. The number of H-pyrrole nitrogens is 1. The number of benzene rings is 2. The molecule has 5 nitrogen and oxygen atoms in total. The molecule has 1 aliphatic heterocycles. The standard InChI is InChI=1S/C17H14N2O3S2/c1-24(21,22)12-8-6-11(7-9-12)19-17(20)14-10-23-15-5-3-2-4-13(15)16(14)18-19/h2-9,18H,10H2,1H3. The third-order valence-corrected chi connectivity index (χ3v) is 6.27. The fourth-order valence-electron chi connectivity index (χ4n) is 2.80. The second-order valence-electron chi connectivity index (χ2n) is 5.66. The first kappa shape index (κ1) is 15.3. The van der Waals surface area contributed by atoms with E-state index in [-0.39, 0.29) is 10.5 Å². The molecule has 0 aliphatic carbocycles. The average Bonchev–Trinajstić information content (AvgIpc) is 2.92. The summed E-state index contributed by atoms with van der Waals surface area (Å²) in [7, 11) is -3.26. The van der Waals surface area contributed by atoms with Crippen molar-refractivity contribution in [2.75, 3.05) is 6.26 Å². The molecule has 3 aromatic rings. The summed E-state index contributed by atoms with van der Waals surface area (Å²) in [4.78, 5) is 14.1. The molecule has 0 fully saturated rings. The Kier molecular flexibility index (Phi) is 3.43. The van der Waals surface area contributed by atoms with Crippen molar-refractivity contribution in [2.24, 2.45) is 0 Å². The number of nitrogens with zero attached hydrogens (tertiary/aromatic N) is 1. The summed E-state index contributed by atoms with van der Waals surface area (Å²) in [6.45, 7) is 0. The minimum absolute atomic E-state index is 0.0980. The van der Waals surface area contributed by atoms with Crippen LogP contribution in [0.1, 0.15) is 5.56 Å². The first-order valence-electron chi connectivity index (χ1n) is 7.32. The molecular formula is C17H14N2O3S2. The van der Waals surface area contributed by atoms with Crippen molar-refractivity contribution in [3.8, 4) is 16.9 Å². The van der Waals surface area contributed by atoms with Crippen LogP contribution in [0.4, 0.5) is 0 Å². The summed E-state index contributed by atoms with van der Waals surface area (Å²) < 4.78 is 24.6. The van der Waals surface area contributed by atoms with Crippen LogP contribution in [0.3, 0.4) is 0 Å². The largest absolute Gasteiger partial charge is 0.290 e. The van der Waals surface area contributed by atoms with E-state index in [9.17, 15) is 13.2 Å². The molecule has 7 heteroatoms. The first-order chi connectivity index (χ1) is 11.4. The number of sulfone groups is 1. The minimum Gasteiger partial charge on any atom is -0.290 e. The van der Waals surface area contributed by atoms with E-state index in [4.69, 9.17) is 0 Å². The van der Waals surface area contributed by atoms with Gasteiger partial charge in [0.25, 0.3) is 5.56 Å². The van der Waals surface area contributed by atoms with Crippen LogP contribution in [0.2, 0.25) is 0 Å². The van der Waals surface area contributed by atoms with Crippen molar-refractivity contribution in [1.29, 1.82) is 0 Å². The lowest BCUT2D eigenvalue weighted by Crippen LogP contribution is -2.17. The topological polar surface area (TPSA) is 71.9 Å². The lowest BCUT2D eigenvalue weighted by Gasteiger charge is -2.13. The summed E-state index contributed by atoms with van der Waals surface area (Å²) >= 11 is 1.65. The van der Waals surface area contributed by atoms with E-state index in [1.165, 1.54) is 16.8 Å². The van der Waals surface area contributed by atoms with Gasteiger partial charge in [-0.3, -0.25) is 9.89 Å². The van der Waals surface area contributed by atoms with E-state index in [0.717, 1.165) is 28.0 Å². The average molecular weight is 358 g/mol. The fraction of sp³-hybridized carbons (Fsp3) is 0.118. The second-order valence-corrected chi connectivity index (χ2v) is 8.69. The lowest BCUT2D eigenvalue weighted by atomic mass is 10.1. The summed E-state index contributed by atoms with van der Waals surface area (Å²) in [5.74, 6) is 0.621. The molecule has 1 aromatic heterocycles. The number of nitrogens with one attached hydrogen (secondary N) is 1. The van der Waals surface area contributed by atoms with Gasteiger partial charge < -0.3 is 0 Å². The van der Waals surface area contributed by atoms with Crippen molar-refractivity contribution in [3.63, 3.8) is 0 Å². The molecule has 0 spiro atoms. The maximum atomic E-state index is 12.7. The van der Waals surface area contributed by atoms with Gasteiger partial charge in [0, 0.05) is 22.5 Å². The highest BCUT2D eigenvalue weighted by molar-refractivity contribution is 7.98. The molecule has 0 saturated heterocycles. The number of fused-ring (bicyclic) bond motifs is 3. The van der Waals surface area contributed by atoms with E-state index in [1.54, 1.807) is 23.9 Å². The Hall–Kier alpha value is -2.25. The van der Waals surface area contributed by atoms with Gasteiger partial charge in [-0.15, -0.1) is 11.8 Å². The van der Waals surface area contributed by atoms with Crippen LogP contribution in [0.15, 0.2) is 63.1 Å². The molecule has 4 rings (SSSR count). The Morgan fingerprint density at radius 2 is 1.79 bits per heavy atom. The Morgan fingerprint density at radius 1 is 1.08 bits per heavy atom. The van der Waals surface area contributed by atoms with Gasteiger partial charge >= 0.3 is 0 Å². The number of aromatic nitrogens is 2. The van der Waals surface area contributed by atoms with E-state index >= 15 is 0 Å². The zero-order valence-corrected chi connectivity index (χ0v) is 14.4. The first-order valence-corrected chi connectivity index (χ1v) is 10.2. The maximum Gasteiger partial charge on any atom is 0.275 e. The quantitative estimate of drug-likeness (QED) is 0.765. The molecule has 0 atom stereocenters. The highest BCUT2D eigenvalue weighted by Gasteiger charge is 2.23. The number of hydrogen-bond donors (Lipinski definition) is 1. The maximum absolute atomic E-state index is 12.7. The monoisotopic (exact) mass is 358 g/mol. The summed E-state index contributed by atoms with van der Waals surface area (Å²) in [6.07, 6.45) is 1.16. The molecule has 24 heavy (non-hydrogen) atoms. The normalized spacial score (nSPS) is 13.4. The van der Waals surface area contributed by atoms with Gasteiger partial charge in [-0.05, 0) is 30.3 Å². The number of hydrogen-bond acceptors (Lipinski definition) is 4. The number of aromatic amines is 1. The molecule has 122 valence electrons. The molecule has 0 saturated carbocycles. The molecule has 0 amide bonds. The van der Waals surface area contributed by atoms with Crippen molar-refractivity contribution >= 4 is 21.6 Å². The molecule has 1 N–H and O–H groups in total. The third-order valence-electron chi connectivity index (χ3n) is 4.04. The van der Waals surface area contributed by atoms with Crippen LogP contribution < -0.4 is 5.56 Å². The van der Waals surface area contributed by atoms with Crippen molar-refractivity contribution < 1.29 is 8.42 Å². The van der Waals surface area contributed by atoms with Gasteiger partial charge in [-0.25, -0.2) is 13.1 Å². The summed E-state index contributed by atoms with van der Waals surface area (Å²) in [6, 6.07) is 14.3. The Balaban J connectivity index is 1.85. The van der Waals surface area contributed by atoms with Crippen LogP contribution in [-0.2, 0) is 15.6 Å². The fourth-order valence-corrected chi connectivity index (χ4v) is 4.50. The van der Waals surface area contributed by atoms with Crippen LogP contribution in [0, 0.1) is 0 Å². The molecule has 2 heterocycles. The Labute approximate surface area is 143 Å².